The van der Waals surface area contributed by atoms with Crippen LogP contribution >= 0.6 is 11.8 Å². The first-order valence-electron chi connectivity index (χ1n) is 9.86. The van der Waals surface area contributed by atoms with Gasteiger partial charge in [0.05, 0.1) is 11.6 Å². The number of Topliss-reactive ketones (excluding diaryl/α,β-unsaturated/α-hetero) is 1. The Morgan fingerprint density at radius 1 is 1.30 bits per heavy atom. The van der Waals surface area contributed by atoms with E-state index in [0.717, 1.165) is 12.1 Å². The number of nitriles is 1. The largest absolute Gasteiger partial charge is 0.416 e. The first kappa shape index (κ1) is 25.9. The molecule has 0 radical (unpaired) electrons. The number of carbonyl (C=O) groups excluding carboxylic acids is 2. The topological polar surface area (TPSA) is 134 Å². The summed E-state index contributed by atoms with van der Waals surface area (Å²) in [6, 6.07) is 5.65. The van der Waals surface area contributed by atoms with Crippen LogP contribution in [0.3, 0.4) is 0 Å². The van der Waals surface area contributed by atoms with Crippen molar-refractivity contribution in [2.75, 3.05) is 23.9 Å². The van der Waals surface area contributed by atoms with Crippen molar-refractivity contribution in [3.63, 3.8) is 0 Å². The lowest BCUT2D eigenvalue weighted by atomic mass is 9.98. The predicted molar refractivity (Wildman–Crippen MR) is 118 cm³/mol. The molecular weight excluding hydrogens is 457 g/mol. The molecule has 0 fully saturated rings. The maximum atomic E-state index is 13.1. The molecule has 176 valence electrons. The number of halogens is 3. The van der Waals surface area contributed by atoms with Gasteiger partial charge in [-0.3, -0.25) is 9.59 Å². The Bertz CT molecular complexity index is 1060. The number of aromatic nitrogens is 2. The quantitative estimate of drug-likeness (QED) is 0.268. The number of amides is 1. The SMILES string of the molecule is CSc1nc(N)nc(N[C@@H](CCCNC(C)=O)C(=O)Cc2cccc(C(F)(F)F)c2)c1C#N. The normalized spacial score (nSPS) is 12.0. The first-order valence-corrected chi connectivity index (χ1v) is 11.1. The Morgan fingerprint density at radius 3 is 2.64 bits per heavy atom. The van der Waals surface area contributed by atoms with Crippen LogP contribution in [0.1, 0.15) is 36.5 Å². The number of hydrogen-bond acceptors (Lipinski definition) is 8. The molecule has 4 N–H and O–H groups in total. The van der Waals surface area contributed by atoms with Gasteiger partial charge in [-0.25, -0.2) is 4.98 Å². The third-order valence-corrected chi connectivity index (χ3v) is 5.26. The molecule has 2 aromatic rings. The third kappa shape index (κ3) is 7.64. The molecule has 0 aliphatic rings. The second-order valence-electron chi connectivity index (χ2n) is 7.09. The monoisotopic (exact) mass is 480 g/mol. The van der Waals surface area contributed by atoms with Gasteiger partial charge in [-0.05, 0) is 30.7 Å². The van der Waals surface area contributed by atoms with E-state index in [2.05, 4.69) is 20.6 Å². The molecule has 1 atom stereocenters. The average Bonchev–Trinajstić information content (AvgIpc) is 2.74. The zero-order valence-corrected chi connectivity index (χ0v) is 18.8. The van der Waals surface area contributed by atoms with Gasteiger partial charge in [-0.2, -0.15) is 23.4 Å². The van der Waals surface area contributed by atoms with Crippen molar-refractivity contribution in [2.45, 2.75) is 43.4 Å². The molecule has 0 aliphatic heterocycles. The lowest BCUT2D eigenvalue weighted by Crippen LogP contribution is -2.33. The summed E-state index contributed by atoms with van der Waals surface area (Å²) in [6.45, 7) is 1.67. The highest BCUT2D eigenvalue weighted by molar-refractivity contribution is 7.98. The van der Waals surface area contributed by atoms with E-state index in [1.54, 1.807) is 6.26 Å². The zero-order chi connectivity index (χ0) is 24.6. The highest BCUT2D eigenvalue weighted by Gasteiger charge is 2.31. The van der Waals surface area contributed by atoms with E-state index in [-0.39, 0.29) is 41.6 Å². The summed E-state index contributed by atoms with van der Waals surface area (Å²) in [5.41, 5.74) is 5.19. The minimum absolute atomic E-state index is 0.0660. The predicted octanol–water partition coefficient (Wildman–Crippen LogP) is 3.18. The summed E-state index contributed by atoms with van der Waals surface area (Å²) < 4.78 is 39.1. The molecule has 1 aromatic carbocycles. The van der Waals surface area contributed by atoms with Crippen LogP contribution in [0.2, 0.25) is 0 Å². The van der Waals surface area contributed by atoms with Crippen LogP contribution < -0.4 is 16.4 Å². The van der Waals surface area contributed by atoms with Gasteiger partial charge in [-0.15, -0.1) is 11.8 Å². The number of nitrogens with two attached hydrogens (primary N) is 1. The van der Waals surface area contributed by atoms with Gasteiger partial charge in [0, 0.05) is 19.9 Å². The Balaban J connectivity index is 2.29. The number of anilines is 2. The van der Waals surface area contributed by atoms with E-state index in [1.165, 1.54) is 30.8 Å². The second kappa shape index (κ2) is 11.5. The van der Waals surface area contributed by atoms with Crippen molar-refractivity contribution >= 4 is 35.2 Å². The van der Waals surface area contributed by atoms with Gasteiger partial charge >= 0.3 is 6.18 Å². The summed E-state index contributed by atoms with van der Waals surface area (Å²) >= 11 is 1.18. The van der Waals surface area contributed by atoms with Crippen LogP contribution in [-0.4, -0.2) is 40.5 Å². The van der Waals surface area contributed by atoms with E-state index in [1.807, 2.05) is 6.07 Å². The standard InChI is InChI=1S/C21H23F3N6O2S/c1-12(31)27-8-4-7-16(28-18-15(11-25)19(33-2)30-20(26)29-18)17(32)10-13-5-3-6-14(9-13)21(22,23)24/h3,5-6,9,16H,4,7-8,10H2,1-2H3,(H,27,31)(H3,26,28,29,30)/t16-/m0/s1. The van der Waals surface area contributed by atoms with Crippen molar-refractivity contribution < 1.29 is 22.8 Å². The summed E-state index contributed by atoms with van der Waals surface area (Å²) in [4.78, 5) is 32.2. The summed E-state index contributed by atoms with van der Waals surface area (Å²) in [5, 5.41) is 15.4. The van der Waals surface area contributed by atoms with Gasteiger partial charge in [0.1, 0.15) is 16.7 Å². The van der Waals surface area contributed by atoms with Gasteiger partial charge < -0.3 is 16.4 Å². The molecule has 8 nitrogen and oxygen atoms in total. The molecule has 33 heavy (non-hydrogen) atoms. The molecule has 0 spiro atoms. The van der Waals surface area contributed by atoms with E-state index in [0.29, 0.717) is 18.0 Å². The number of nitrogens with one attached hydrogen (secondary N) is 2. The minimum Gasteiger partial charge on any atom is -0.368 e. The minimum atomic E-state index is -4.52. The number of carbonyl (C=O) groups is 2. The van der Waals surface area contributed by atoms with E-state index >= 15 is 0 Å². The fourth-order valence-electron chi connectivity index (χ4n) is 3.04. The molecule has 1 amide bonds. The van der Waals surface area contributed by atoms with Crippen molar-refractivity contribution in [1.29, 1.82) is 5.26 Å². The number of benzene rings is 1. The maximum absolute atomic E-state index is 13.1. The van der Waals surface area contributed by atoms with Gasteiger partial charge in [0.2, 0.25) is 11.9 Å². The van der Waals surface area contributed by atoms with Crippen molar-refractivity contribution in [2.24, 2.45) is 0 Å². The highest BCUT2D eigenvalue weighted by Crippen LogP contribution is 2.30. The fourth-order valence-corrected chi connectivity index (χ4v) is 3.57. The Hall–Kier alpha value is -3.33. The molecule has 0 aliphatic carbocycles. The number of thioether (sulfide) groups is 1. The number of alkyl halides is 3. The summed E-state index contributed by atoms with van der Waals surface area (Å²) in [5.74, 6) is -0.655. The van der Waals surface area contributed by atoms with Crippen LogP contribution in [0.5, 0.6) is 0 Å². The first-order chi connectivity index (χ1) is 15.5. The van der Waals surface area contributed by atoms with Crippen LogP contribution in [0, 0.1) is 11.3 Å². The van der Waals surface area contributed by atoms with E-state index in [4.69, 9.17) is 5.73 Å². The molecule has 0 saturated carbocycles. The van der Waals surface area contributed by atoms with E-state index < -0.39 is 23.6 Å². The smallest absolute Gasteiger partial charge is 0.368 e. The summed E-state index contributed by atoms with van der Waals surface area (Å²) in [7, 11) is 0. The lowest BCUT2D eigenvalue weighted by Gasteiger charge is -2.20. The van der Waals surface area contributed by atoms with Crippen molar-refractivity contribution in [1.82, 2.24) is 15.3 Å². The number of nitrogens with zero attached hydrogens (tertiary/aromatic N) is 3. The second-order valence-corrected chi connectivity index (χ2v) is 7.88. The molecule has 2 rings (SSSR count). The van der Waals surface area contributed by atoms with E-state index in [9.17, 15) is 28.0 Å². The number of rotatable bonds is 10. The molecular formula is C21H23F3N6O2S. The average molecular weight is 481 g/mol. The van der Waals surface area contributed by atoms with Crippen molar-refractivity contribution in [3.05, 3.63) is 41.0 Å². The van der Waals surface area contributed by atoms with Crippen LogP contribution in [0.4, 0.5) is 24.9 Å². The van der Waals surface area contributed by atoms with Crippen molar-refractivity contribution in [3.8, 4) is 6.07 Å². The highest BCUT2D eigenvalue weighted by atomic mass is 32.2. The Kier molecular flexibility index (Phi) is 9.04. The maximum Gasteiger partial charge on any atom is 0.416 e. The van der Waals surface area contributed by atoms with Crippen LogP contribution in [-0.2, 0) is 22.2 Å². The summed E-state index contributed by atoms with van der Waals surface area (Å²) in [6.07, 6.45) is -2.44. The number of hydrogen-bond donors (Lipinski definition) is 3. The Morgan fingerprint density at radius 2 is 2.03 bits per heavy atom. The molecule has 12 heteroatoms. The molecule has 1 heterocycles. The number of nitrogen functional groups attached to an aromatic ring is 1. The molecule has 0 saturated heterocycles. The number of ketones is 1. The van der Waals surface area contributed by atoms with Crippen LogP contribution in [0.15, 0.2) is 29.3 Å². The lowest BCUT2D eigenvalue weighted by molar-refractivity contribution is -0.137. The zero-order valence-electron chi connectivity index (χ0n) is 18.0. The van der Waals surface area contributed by atoms with Gasteiger partial charge in [0.25, 0.3) is 0 Å². The molecule has 1 aromatic heterocycles. The van der Waals surface area contributed by atoms with Gasteiger partial charge in [0.15, 0.2) is 11.6 Å². The molecule has 0 unspecified atom stereocenters. The van der Waals surface area contributed by atoms with Gasteiger partial charge in [-0.1, -0.05) is 18.2 Å². The molecule has 0 bridgehead atoms. The Labute approximate surface area is 193 Å². The van der Waals surface area contributed by atoms with Crippen LogP contribution in [0.25, 0.3) is 0 Å². The third-order valence-electron chi connectivity index (χ3n) is 4.57. The fraction of sp³-hybridized carbons (Fsp3) is 0.381.